The molecule has 1 aromatic rings. The van der Waals surface area contributed by atoms with Gasteiger partial charge < -0.3 is 14.4 Å². The van der Waals surface area contributed by atoms with Gasteiger partial charge in [0.25, 0.3) is 0 Å². The molecule has 0 aliphatic carbocycles. The average molecular weight is 223 g/mol. The minimum atomic E-state index is -0.247. The first kappa shape index (κ1) is 12.5. The van der Waals surface area contributed by atoms with Crippen molar-refractivity contribution in [2.45, 2.75) is 13.8 Å². The monoisotopic (exact) mass is 223 g/mol. The van der Waals surface area contributed by atoms with Crippen LogP contribution in [0.4, 0.5) is 5.69 Å². The summed E-state index contributed by atoms with van der Waals surface area (Å²) in [4.78, 5) is 13.4. The van der Waals surface area contributed by atoms with Gasteiger partial charge in [-0.05, 0) is 25.5 Å². The summed E-state index contributed by atoms with van der Waals surface area (Å²) in [7, 11) is 0. The Bertz CT molecular complexity index is 401. The van der Waals surface area contributed by atoms with Crippen LogP contribution in [0.25, 0.3) is 0 Å². The first-order chi connectivity index (χ1) is 7.70. The molecule has 0 saturated carbocycles. The molecule has 0 radical (unpaired) electrons. The molecule has 0 aromatic carbocycles. The summed E-state index contributed by atoms with van der Waals surface area (Å²) >= 11 is 0. The van der Waals surface area contributed by atoms with Crippen LogP contribution in [0.1, 0.15) is 12.5 Å². The summed E-state index contributed by atoms with van der Waals surface area (Å²) in [6.45, 7) is 5.45. The largest absolute Gasteiger partial charge is 0.430 e. The lowest BCUT2D eigenvalue weighted by atomic mass is 10.2. The van der Waals surface area contributed by atoms with Crippen LogP contribution in [0.3, 0.4) is 0 Å². The van der Waals surface area contributed by atoms with E-state index in [0.717, 1.165) is 18.7 Å². The molecule has 1 N–H and O–H groups in total. The molecule has 4 heteroatoms. The standard InChI is InChI=1S/C10H11NO2.C2H6O/c1-8-4-7-13-10(12)9(8)11-5-2-3-6-11;1-2-3/h2-4,7H,5-6H2,1H3;3H,2H2,1H3. The average Bonchev–Trinajstić information content (AvgIpc) is 2.72. The van der Waals surface area contributed by atoms with E-state index in [1.807, 2.05) is 30.0 Å². The number of hydrogen-bond acceptors (Lipinski definition) is 4. The maximum Gasteiger partial charge on any atom is 0.359 e. The Hall–Kier alpha value is -1.55. The molecule has 0 amide bonds. The molecule has 4 nitrogen and oxygen atoms in total. The van der Waals surface area contributed by atoms with Crippen molar-refractivity contribution in [1.29, 1.82) is 0 Å². The Morgan fingerprint density at radius 2 is 2.00 bits per heavy atom. The van der Waals surface area contributed by atoms with Gasteiger partial charge in [0.2, 0.25) is 0 Å². The zero-order valence-corrected chi connectivity index (χ0v) is 9.64. The van der Waals surface area contributed by atoms with Crippen molar-refractivity contribution in [3.05, 3.63) is 40.5 Å². The highest BCUT2D eigenvalue weighted by molar-refractivity contribution is 5.52. The van der Waals surface area contributed by atoms with Gasteiger partial charge in [0.15, 0.2) is 0 Å². The summed E-state index contributed by atoms with van der Waals surface area (Å²) in [5.74, 6) is 0. The molecule has 88 valence electrons. The smallest absolute Gasteiger partial charge is 0.359 e. The Labute approximate surface area is 94.8 Å². The minimum absolute atomic E-state index is 0.247. The molecule has 0 unspecified atom stereocenters. The zero-order chi connectivity index (χ0) is 12.0. The highest BCUT2D eigenvalue weighted by Gasteiger charge is 2.14. The summed E-state index contributed by atoms with van der Waals surface area (Å²) in [5.41, 5.74) is 1.41. The number of nitrogens with zero attached hydrogens (tertiary/aromatic N) is 1. The molecule has 0 atom stereocenters. The Morgan fingerprint density at radius 1 is 1.44 bits per heavy atom. The van der Waals surface area contributed by atoms with E-state index in [1.54, 1.807) is 6.92 Å². The minimum Gasteiger partial charge on any atom is -0.430 e. The predicted octanol–water partition coefficient (Wildman–Crippen LogP) is 1.32. The van der Waals surface area contributed by atoms with Crippen LogP contribution in [0, 0.1) is 6.92 Å². The van der Waals surface area contributed by atoms with Crippen molar-refractivity contribution in [1.82, 2.24) is 0 Å². The number of rotatable bonds is 1. The first-order valence-electron chi connectivity index (χ1n) is 5.30. The Balaban J connectivity index is 0.000000386. The molecular formula is C12H17NO3. The molecule has 0 bridgehead atoms. The molecule has 1 aliphatic heterocycles. The second-order valence-corrected chi connectivity index (χ2v) is 3.43. The van der Waals surface area contributed by atoms with Crippen molar-refractivity contribution in [2.24, 2.45) is 0 Å². The maximum atomic E-state index is 11.4. The van der Waals surface area contributed by atoms with Gasteiger partial charge in [-0.2, -0.15) is 0 Å². The summed E-state index contributed by atoms with van der Waals surface area (Å²) in [6, 6.07) is 1.81. The number of aryl methyl sites for hydroxylation is 1. The first-order valence-corrected chi connectivity index (χ1v) is 5.30. The highest BCUT2D eigenvalue weighted by Crippen LogP contribution is 2.16. The van der Waals surface area contributed by atoms with Crippen molar-refractivity contribution in [3.63, 3.8) is 0 Å². The fraction of sp³-hybridized carbons (Fsp3) is 0.417. The number of anilines is 1. The van der Waals surface area contributed by atoms with Gasteiger partial charge in [-0.25, -0.2) is 4.79 Å². The fourth-order valence-corrected chi connectivity index (χ4v) is 1.53. The van der Waals surface area contributed by atoms with Crippen molar-refractivity contribution >= 4 is 5.69 Å². The van der Waals surface area contributed by atoms with Crippen LogP contribution in [0.15, 0.2) is 33.7 Å². The SMILES string of the molecule is CCO.Cc1ccoc(=O)c1N1CC=CC1. The summed E-state index contributed by atoms with van der Waals surface area (Å²) in [5, 5.41) is 7.57. The van der Waals surface area contributed by atoms with Gasteiger partial charge in [-0.3, -0.25) is 0 Å². The highest BCUT2D eigenvalue weighted by atomic mass is 16.4. The topological polar surface area (TPSA) is 53.7 Å². The van der Waals surface area contributed by atoms with Gasteiger partial charge in [-0.15, -0.1) is 0 Å². The molecule has 16 heavy (non-hydrogen) atoms. The third kappa shape index (κ3) is 2.97. The van der Waals surface area contributed by atoms with E-state index in [-0.39, 0.29) is 12.2 Å². The second-order valence-electron chi connectivity index (χ2n) is 3.43. The van der Waals surface area contributed by atoms with Crippen molar-refractivity contribution < 1.29 is 9.52 Å². The van der Waals surface area contributed by atoms with Crippen LogP contribution >= 0.6 is 0 Å². The lowest BCUT2D eigenvalue weighted by Gasteiger charge is -2.17. The number of hydrogen-bond donors (Lipinski definition) is 1. The van der Waals surface area contributed by atoms with Crippen molar-refractivity contribution in [2.75, 3.05) is 24.6 Å². The van der Waals surface area contributed by atoms with Crippen molar-refractivity contribution in [3.8, 4) is 0 Å². The summed E-state index contributed by atoms with van der Waals surface area (Å²) < 4.78 is 4.83. The maximum absolute atomic E-state index is 11.4. The van der Waals surface area contributed by atoms with E-state index in [1.165, 1.54) is 6.26 Å². The van der Waals surface area contributed by atoms with Crippen LogP contribution in [-0.4, -0.2) is 24.8 Å². The molecule has 2 rings (SSSR count). The van der Waals surface area contributed by atoms with Crippen LogP contribution in [0.5, 0.6) is 0 Å². The van der Waals surface area contributed by atoms with Crippen LogP contribution < -0.4 is 10.5 Å². The molecule has 0 saturated heterocycles. The van der Waals surface area contributed by atoms with Gasteiger partial charge in [0.05, 0.1) is 6.26 Å². The van der Waals surface area contributed by atoms with E-state index >= 15 is 0 Å². The fourth-order valence-electron chi connectivity index (χ4n) is 1.53. The quantitative estimate of drug-likeness (QED) is 0.730. The normalized spacial score (nSPS) is 13.6. The van der Waals surface area contributed by atoms with Gasteiger partial charge >= 0.3 is 5.63 Å². The van der Waals surface area contributed by atoms with Crippen LogP contribution in [0.2, 0.25) is 0 Å². The Kier molecular flexibility index (Phi) is 4.79. The van der Waals surface area contributed by atoms with E-state index in [4.69, 9.17) is 9.52 Å². The molecule has 2 heterocycles. The van der Waals surface area contributed by atoms with Gasteiger partial charge in [0, 0.05) is 19.7 Å². The number of aliphatic hydroxyl groups is 1. The lowest BCUT2D eigenvalue weighted by molar-refractivity contribution is 0.318. The third-order valence-electron chi connectivity index (χ3n) is 2.19. The van der Waals surface area contributed by atoms with E-state index < -0.39 is 0 Å². The molecule has 1 aromatic heterocycles. The van der Waals surface area contributed by atoms with Gasteiger partial charge in [-0.1, -0.05) is 12.2 Å². The third-order valence-corrected chi connectivity index (χ3v) is 2.19. The predicted molar refractivity (Wildman–Crippen MR) is 63.8 cm³/mol. The van der Waals surface area contributed by atoms with Crippen LogP contribution in [-0.2, 0) is 0 Å². The van der Waals surface area contributed by atoms with Gasteiger partial charge in [0.1, 0.15) is 5.69 Å². The zero-order valence-electron chi connectivity index (χ0n) is 9.64. The van der Waals surface area contributed by atoms with E-state index in [0.29, 0.717) is 5.69 Å². The lowest BCUT2D eigenvalue weighted by Crippen LogP contribution is -2.25. The Morgan fingerprint density at radius 3 is 2.50 bits per heavy atom. The molecular weight excluding hydrogens is 206 g/mol. The van der Waals surface area contributed by atoms with E-state index in [2.05, 4.69) is 0 Å². The molecule has 1 aliphatic rings. The molecule has 0 spiro atoms. The number of aliphatic hydroxyl groups excluding tert-OH is 1. The summed E-state index contributed by atoms with van der Waals surface area (Å²) in [6.07, 6.45) is 5.53. The van der Waals surface area contributed by atoms with E-state index in [9.17, 15) is 4.79 Å². The second kappa shape index (κ2) is 6.12. The molecule has 0 fully saturated rings.